The minimum Gasteiger partial charge on any atom is -0.495 e. The topological polar surface area (TPSA) is 73.9 Å². The Morgan fingerprint density at radius 2 is 1.75 bits per heavy atom. The highest BCUT2D eigenvalue weighted by molar-refractivity contribution is 6.31. The number of esters is 1. The van der Waals surface area contributed by atoms with E-state index in [1.165, 1.54) is 14.0 Å². The lowest BCUT2D eigenvalue weighted by molar-refractivity contribution is -0.123. The van der Waals surface area contributed by atoms with Gasteiger partial charge in [-0.25, -0.2) is 4.79 Å². The van der Waals surface area contributed by atoms with Gasteiger partial charge in [0, 0.05) is 5.02 Å². The second-order valence-corrected chi connectivity index (χ2v) is 6.87. The molecule has 6 nitrogen and oxygen atoms in total. The fourth-order valence-corrected chi connectivity index (χ4v) is 2.47. The summed E-state index contributed by atoms with van der Waals surface area (Å²) in [5.74, 6) is -0.622. The van der Waals surface area contributed by atoms with Gasteiger partial charge < -0.3 is 19.5 Å². The first kappa shape index (κ1) is 21.7. The summed E-state index contributed by atoms with van der Waals surface area (Å²) in [4.78, 5) is 24.6. The van der Waals surface area contributed by atoms with Crippen LogP contribution in [0.2, 0.25) is 5.02 Å². The van der Waals surface area contributed by atoms with Gasteiger partial charge in [-0.05, 0) is 56.7 Å². The predicted molar refractivity (Wildman–Crippen MR) is 108 cm³/mol. The van der Waals surface area contributed by atoms with Gasteiger partial charge in [0.15, 0.2) is 6.10 Å². The number of hydrogen-bond acceptors (Lipinski definition) is 5. The maximum absolute atomic E-state index is 12.4. The van der Waals surface area contributed by atoms with E-state index in [0.29, 0.717) is 28.6 Å². The van der Waals surface area contributed by atoms with Gasteiger partial charge in [-0.1, -0.05) is 23.7 Å². The second kappa shape index (κ2) is 10.1. The highest BCUT2D eigenvalue weighted by Gasteiger charge is 2.20. The Labute approximate surface area is 169 Å². The normalized spacial score (nSPS) is 11.8. The van der Waals surface area contributed by atoms with Crippen LogP contribution in [0.4, 0.5) is 5.69 Å². The van der Waals surface area contributed by atoms with Crippen molar-refractivity contribution in [2.45, 2.75) is 39.6 Å². The van der Waals surface area contributed by atoms with Crippen molar-refractivity contribution < 1.29 is 23.8 Å². The SMILES string of the molecule is COc1ccc(Cl)cc1NC(=O)[C@H](C)OC(=O)c1ccc(COC(C)C)cc1. The van der Waals surface area contributed by atoms with Crippen LogP contribution in [0.3, 0.4) is 0 Å². The largest absolute Gasteiger partial charge is 0.495 e. The minimum atomic E-state index is -1.000. The molecule has 0 aliphatic rings. The zero-order valence-electron chi connectivity index (χ0n) is 16.3. The first-order chi connectivity index (χ1) is 13.3. The summed E-state index contributed by atoms with van der Waals surface area (Å²) in [6, 6.07) is 11.7. The van der Waals surface area contributed by atoms with E-state index in [1.807, 2.05) is 13.8 Å². The Bertz CT molecular complexity index is 820. The molecule has 2 aromatic carbocycles. The summed E-state index contributed by atoms with van der Waals surface area (Å²) in [5.41, 5.74) is 1.70. The third kappa shape index (κ3) is 6.25. The van der Waals surface area contributed by atoms with Crippen molar-refractivity contribution in [3.63, 3.8) is 0 Å². The molecule has 150 valence electrons. The van der Waals surface area contributed by atoms with Crippen LogP contribution in [0.25, 0.3) is 0 Å². The predicted octanol–water partition coefficient (Wildman–Crippen LogP) is 4.46. The van der Waals surface area contributed by atoms with Crippen molar-refractivity contribution in [2.75, 3.05) is 12.4 Å². The summed E-state index contributed by atoms with van der Waals surface area (Å²) in [7, 11) is 1.48. The van der Waals surface area contributed by atoms with Gasteiger partial charge >= 0.3 is 5.97 Å². The quantitative estimate of drug-likeness (QED) is 0.656. The van der Waals surface area contributed by atoms with E-state index < -0.39 is 18.0 Å². The van der Waals surface area contributed by atoms with Gasteiger partial charge in [-0.2, -0.15) is 0 Å². The lowest BCUT2D eigenvalue weighted by Crippen LogP contribution is -2.30. The molecule has 0 saturated carbocycles. The zero-order valence-corrected chi connectivity index (χ0v) is 17.1. The van der Waals surface area contributed by atoms with Crippen molar-refractivity contribution in [2.24, 2.45) is 0 Å². The maximum atomic E-state index is 12.4. The molecule has 0 radical (unpaired) electrons. The van der Waals surface area contributed by atoms with Crippen molar-refractivity contribution in [3.05, 3.63) is 58.6 Å². The molecule has 2 rings (SSSR count). The summed E-state index contributed by atoms with van der Waals surface area (Å²) in [5, 5.41) is 3.10. The molecule has 2 aromatic rings. The third-order valence-electron chi connectivity index (χ3n) is 3.85. The number of methoxy groups -OCH3 is 1. The molecule has 0 aliphatic carbocycles. The van der Waals surface area contributed by atoms with Gasteiger partial charge in [-0.3, -0.25) is 4.79 Å². The molecule has 0 fully saturated rings. The molecule has 0 bridgehead atoms. The van der Waals surface area contributed by atoms with E-state index in [-0.39, 0.29) is 6.10 Å². The lowest BCUT2D eigenvalue weighted by Gasteiger charge is -2.15. The number of halogens is 1. The van der Waals surface area contributed by atoms with Crippen LogP contribution in [-0.4, -0.2) is 31.2 Å². The number of carbonyl (C=O) groups excluding carboxylic acids is 2. The number of anilines is 1. The van der Waals surface area contributed by atoms with Gasteiger partial charge in [-0.15, -0.1) is 0 Å². The second-order valence-electron chi connectivity index (χ2n) is 6.44. The summed E-state index contributed by atoms with van der Waals surface area (Å²) >= 11 is 5.95. The Morgan fingerprint density at radius 3 is 2.36 bits per heavy atom. The molecule has 1 amide bonds. The molecule has 0 aromatic heterocycles. The fraction of sp³-hybridized carbons (Fsp3) is 0.333. The highest BCUT2D eigenvalue weighted by atomic mass is 35.5. The van der Waals surface area contributed by atoms with Gasteiger partial charge in [0.1, 0.15) is 5.75 Å². The first-order valence-corrected chi connectivity index (χ1v) is 9.24. The Hall–Kier alpha value is -2.57. The van der Waals surface area contributed by atoms with E-state index in [1.54, 1.807) is 42.5 Å². The number of rotatable bonds is 8. The molecule has 0 unspecified atom stereocenters. The van der Waals surface area contributed by atoms with Crippen LogP contribution >= 0.6 is 11.6 Å². The van der Waals surface area contributed by atoms with Gasteiger partial charge in [0.25, 0.3) is 5.91 Å². The van der Waals surface area contributed by atoms with Crippen molar-refractivity contribution in [1.82, 2.24) is 0 Å². The Kier molecular flexibility index (Phi) is 7.84. The average molecular weight is 406 g/mol. The summed E-state index contributed by atoms with van der Waals surface area (Å²) in [6.07, 6.45) is -0.873. The maximum Gasteiger partial charge on any atom is 0.338 e. The standard InChI is InChI=1S/C21H24ClNO5/c1-13(2)27-12-15-5-7-16(8-6-15)21(25)28-14(3)20(24)23-18-11-17(22)9-10-19(18)26-4/h5-11,13-14H,12H2,1-4H3,(H,23,24)/t14-/m0/s1. The van der Waals surface area contributed by atoms with E-state index in [4.69, 9.17) is 25.8 Å². The molecule has 0 spiro atoms. The Balaban J connectivity index is 1.96. The number of nitrogens with one attached hydrogen (secondary N) is 1. The number of hydrogen-bond donors (Lipinski definition) is 1. The van der Waals surface area contributed by atoms with Crippen LogP contribution < -0.4 is 10.1 Å². The fourth-order valence-electron chi connectivity index (χ4n) is 2.29. The smallest absolute Gasteiger partial charge is 0.338 e. The summed E-state index contributed by atoms with van der Waals surface area (Å²) < 4.78 is 16.0. The molecule has 28 heavy (non-hydrogen) atoms. The molecule has 0 aliphatic heterocycles. The molecule has 1 atom stereocenters. The lowest BCUT2D eigenvalue weighted by atomic mass is 10.1. The van der Waals surface area contributed by atoms with Gasteiger partial charge in [0.05, 0.1) is 31.1 Å². The Morgan fingerprint density at radius 1 is 1.07 bits per heavy atom. The highest BCUT2D eigenvalue weighted by Crippen LogP contribution is 2.27. The van der Waals surface area contributed by atoms with Gasteiger partial charge in [0.2, 0.25) is 0 Å². The zero-order chi connectivity index (χ0) is 20.7. The molecule has 0 heterocycles. The number of amides is 1. The number of carbonyl (C=O) groups is 2. The van der Waals surface area contributed by atoms with Crippen molar-refractivity contribution >= 4 is 29.2 Å². The van der Waals surface area contributed by atoms with Crippen LogP contribution in [-0.2, 0) is 20.9 Å². The molecule has 0 saturated heterocycles. The van der Waals surface area contributed by atoms with Crippen LogP contribution in [0.5, 0.6) is 5.75 Å². The van der Waals surface area contributed by atoms with Crippen molar-refractivity contribution in [1.29, 1.82) is 0 Å². The summed E-state index contributed by atoms with van der Waals surface area (Å²) in [6.45, 7) is 5.87. The first-order valence-electron chi connectivity index (χ1n) is 8.86. The average Bonchev–Trinajstić information content (AvgIpc) is 2.66. The van der Waals surface area contributed by atoms with Crippen LogP contribution in [0.15, 0.2) is 42.5 Å². The van der Waals surface area contributed by atoms with E-state index in [9.17, 15) is 9.59 Å². The van der Waals surface area contributed by atoms with E-state index in [0.717, 1.165) is 5.56 Å². The van der Waals surface area contributed by atoms with Crippen molar-refractivity contribution in [3.8, 4) is 5.75 Å². The number of benzene rings is 2. The van der Waals surface area contributed by atoms with E-state index >= 15 is 0 Å². The third-order valence-corrected chi connectivity index (χ3v) is 4.08. The van der Waals surface area contributed by atoms with E-state index in [2.05, 4.69) is 5.32 Å². The number of ether oxygens (including phenoxy) is 3. The van der Waals surface area contributed by atoms with Crippen LogP contribution in [0.1, 0.15) is 36.7 Å². The molecule has 1 N–H and O–H groups in total. The minimum absolute atomic E-state index is 0.127. The molecular weight excluding hydrogens is 382 g/mol. The molecule has 7 heteroatoms. The monoisotopic (exact) mass is 405 g/mol. The molecular formula is C21H24ClNO5. The van der Waals surface area contributed by atoms with Crippen LogP contribution in [0, 0.1) is 0 Å².